The average molecular weight is 240 g/mol. The molecule has 0 N–H and O–H groups in total. The van der Waals surface area contributed by atoms with Crippen LogP contribution in [0.25, 0.3) is 5.57 Å². The van der Waals surface area contributed by atoms with Gasteiger partial charge in [0.1, 0.15) is 11.4 Å². The van der Waals surface area contributed by atoms with Gasteiger partial charge in [0.15, 0.2) is 0 Å². The molecule has 4 nitrogen and oxygen atoms in total. The molecule has 1 aliphatic carbocycles. The third kappa shape index (κ3) is 2.21. The number of nitrogens with zero attached hydrogens (tertiary/aromatic N) is 2. The first kappa shape index (κ1) is 12.2. The van der Waals surface area contributed by atoms with Gasteiger partial charge in [-0.05, 0) is 37.3 Å². The molecule has 2 rings (SSSR count). The summed E-state index contributed by atoms with van der Waals surface area (Å²) in [6.07, 6.45) is 8.24. The highest BCUT2D eigenvalue weighted by Gasteiger charge is 2.16. The fourth-order valence-electron chi connectivity index (χ4n) is 2.20. The molecule has 1 aliphatic rings. The number of hydrogen-bond donors (Lipinski definition) is 0. The van der Waals surface area contributed by atoms with Gasteiger partial charge in [-0.3, -0.25) is 0 Å². The molecule has 0 saturated heterocycles. The average Bonchev–Trinajstić information content (AvgIpc) is 2.88. The largest absolute Gasteiger partial charge is 0.240 e. The van der Waals surface area contributed by atoms with Crippen molar-refractivity contribution in [3.05, 3.63) is 29.3 Å². The maximum Gasteiger partial charge on any atom is 0.240 e. The number of benzene rings is 1. The fourth-order valence-corrected chi connectivity index (χ4v) is 2.20. The molecule has 4 heteroatoms. The Hall–Kier alpha value is -2.28. The third-order valence-corrected chi connectivity index (χ3v) is 3.05. The molecule has 0 atom stereocenters. The molecule has 0 aromatic heterocycles. The Balaban J connectivity index is 2.69. The number of carbonyl (C=O) groups excluding carboxylic acids is 2. The molecular weight excluding hydrogens is 228 g/mol. The van der Waals surface area contributed by atoms with E-state index >= 15 is 0 Å². The Kier molecular flexibility index (Phi) is 3.63. The lowest BCUT2D eigenvalue weighted by molar-refractivity contribution is 0.564. The van der Waals surface area contributed by atoms with Crippen molar-refractivity contribution in [3.63, 3.8) is 0 Å². The zero-order valence-electron chi connectivity index (χ0n) is 10.1. The molecule has 0 saturated carbocycles. The predicted molar refractivity (Wildman–Crippen MR) is 68.6 cm³/mol. The second kappa shape index (κ2) is 5.37. The molecule has 90 valence electrons. The molecule has 1 aromatic rings. The van der Waals surface area contributed by atoms with E-state index in [-0.39, 0.29) is 0 Å². The standard InChI is InChI=1S/C14H12N2O2/c1-10-6-7-12(11-4-2-3-5-11)14(16-9-18)13(10)15-8-17/h4,6-7H,2-3,5H2,1H3. The van der Waals surface area contributed by atoms with Crippen LogP contribution in [0.15, 0.2) is 28.2 Å². The van der Waals surface area contributed by atoms with Gasteiger partial charge < -0.3 is 0 Å². The number of aliphatic imine (C=N–C) groups is 2. The van der Waals surface area contributed by atoms with Crippen molar-refractivity contribution in [1.82, 2.24) is 0 Å². The van der Waals surface area contributed by atoms with Crippen LogP contribution in [0.1, 0.15) is 30.4 Å². The summed E-state index contributed by atoms with van der Waals surface area (Å²) in [6, 6.07) is 3.78. The summed E-state index contributed by atoms with van der Waals surface area (Å²) in [5.41, 5.74) is 3.61. The van der Waals surface area contributed by atoms with E-state index in [0.717, 1.165) is 36.0 Å². The lowest BCUT2D eigenvalue weighted by Gasteiger charge is -2.09. The van der Waals surface area contributed by atoms with Gasteiger partial charge in [0, 0.05) is 5.56 Å². The van der Waals surface area contributed by atoms with Crippen LogP contribution >= 0.6 is 0 Å². The number of aryl methyl sites for hydroxylation is 1. The van der Waals surface area contributed by atoms with Gasteiger partial charge in [0.2, 0.25) is 12.2 Å². The molecule has 0 unspecified atom stereocenters. The highest BCUT2D eigenvalue weighted by Crippen LogP contribution is 2.41. The fraction of sp³-hybridized carbons (Fsp3) is 0.286. The Morgan fingerprint density at radius 3 is 2.44 bits per heavy atom. The van der Waals surface area contributed by atoms with Crippen molar-refractivity contribution in [2.24, 2.45) is 9.98 Å². The number of isocyanates is 2. The first-order valence-corrected chi connectivity index (χ1v) is 5.76. The first-order valence-electron chi connectivity index (χ1n) is 5.76. The number of rotatable bonds is 3. The van der Waals surface area contributed by atoms with Crippen LogP contribution in [-0.2, 0) is 9.59 Å². The van der Waals surface area contributed by atoms with Gasteiger partial charge in [0.25, 0.3) is 0 Å². The van der Waals surface area contributed by atoms with Crippen LogP contribution < -0.4 is 0 Å². The van der Waals surface area contributed by atoms with E-state index in [0.29, 0.717) is 11.4 Å². The maximum absolute atomic E-state index is 10.6. The molecule has 1 aromatic carbocycles. The van der Waals surface area contributed by atoms with Gasteiger partial charge in [-0.15, -0.1) is 0 Å². The zero-order valence-corrected chi connectivity index (χ0v) is 10.1. The summed E-state index contributed by atoms with van der Waals surface area (Å²) in [4.78, 5) is 28.4. The van der Waals surface area contributed by atoms with Crippen molar-refractivity contribution in [3.8, 4) is 0 Å². The van der Waals surface area contributed by atoms with Gasteiger partial charge in [-0.1, -0.05) is 18.2 Å². The SMILES string of the molecule is Cc1ccc(C2=CCCC2)c(N=C=O)c1N=C=O. The molecule has 0 amide bonds. The molecule has 0 aliphatic heterocycles. The Labute approximate surface area is 105 Å². The summed E-state index contributed by atoms with van der Waals surface area (Å²) in [6.45, 7) is 1.81. The van der Waals surface area contributed by atoms with Crippen LogP contribution in [0.4, 0.5) is 11.4 Å². The highest BCUT2D eigenvalue weighted by atomic mass is 16.1. The van der Waals surface area contributed by atoms with Crippen LogP contribution in [0, 0.1) is 6.92 Å². The quantitative estimate of drug-likeness (QED) is 0.599. The molecule has 0 heterocycles. The number of allylic oxidation sites excluding steroid dienone is 2. The summed E-state index contributed by atoms with van der Waals surface area (Å²) < 4.78 is 0. The Morgan fingerprint density at radius 1 is 1.11 bits per heavy atom. The minimum atomic E-state index is 0.402. The second-order valence-corrected chi connectivity index (χ2v) is 4.16. The lowest BCUT2D eigenvalue weighted by Crippen LogP contribution is -1.86. The van der Waals surface area contributed by atoms with E-state index in [2.05, 4.69) is 16.1 Å². The van der Waals surface area contributed by atoms with Gasteiger partial charge in [0.05, 0.1) is 0 Å². The van der Waals surface area contributed by atoms with E-state index in [9.17, 15) is 9.59 Å². The van der Waals surface area contributed by atoms with Crippen molar-refractivity contribution in [2.45, 2.75) is 26.2 Å². The minimum absolute atomic E-state index is 0.402. The summed E-state index contributed by atoms with van der Waals surface area (Å²) in [7, 11) is 0. The van der Waals surface area contributed by atoms with Gasteiger partial charge in [-0.25, -0.2) is 9.59 Å². The molecule has 0 spiro atoms. The molecular formula is C14H12N2O2. The Morgan fingerprint density at radius 2 is 1.83 bits per heavy atom. The third-order valence-electron chi connectivity index (χ3n) is 3.05. The van der Waals surface area contributed by atoms with Crippen LogP contribution in [-0.4, -0.2) is 12.2 Å². The predicted octanol–water partition coefficient (Wildman–Crippen LogP) is 3.50. The van der Waals surface area contributed by atoms with Crippen molar-refractivity contribution in [1.29, 1.82) is 0 Å². The van der Waals surface area contributed by atoms with E-state index in [1.807, 2.05) is 19.1 Å². The molecule has 0 bridgehead atoms. The minimum Gasteiger partial charge on any atom is -0.211 e. The molecule has 18 heavy (non-hydrogen) atoms. The molecule has 0 radical (unpaired) electrons. The monoisotopic (exact) mass is 240 g/mol. The van der Waals surface area contributed by atoms with E-state index in [1.54, 1.807) is 0 Å². The van der Waals surface area contributed by atoms with E-state index in [1.165, 1.54) is 12.2 Å². The summed E-state index contributed by atoms with van der Waals surface area (Å²) >= 11 is 0. The van der Waals surface area contributed by atoms with Gasteiger partial charge >= 0.3 is 0 Å². The van der Waals surface area contributed by atoms with E-state index < -0.39 is 0 Å². The normalized spacial score (nSPS) is 13.5. The zero-order chi connectivity index (χ0) is 13.0. The van der Waals surface area contributed by atoms with Gasteiger partial charge in [-0.2, -0.15) is 9.98 Å². The number of hydrogen-bond acceptors (Lipinski definition) is 4. The smallest absolute Gasteiger partial charge is 0.211 e. The van der Waals surface area contributed by atoms with Crippen LogP contribution in [0.2, 0.25) is 0 Å². The van der Waals surface area contributed by atoms with Crippen LogP contribution in [0.3, 0.4) is 0 Å². The topological polar surface area (TPSA) is 58.9 Å². The second-order valence-electron chi connectivity index (χ2n) is 4.16. The van der Waals surface area contributed by atoms with Crippen molar-refractivity contribution < 1.29 is 9.59 Å². The first-order chi connectivity index (χ1) is 8.77. The van der Waals surface area contributed by atoms with Crippen LogP contribution in [0.5, 0.6) is 0 Å². The highest BCUT2D eigenvalue weighted by molar-refractivity contribution is 5.85. The summed E-state index contributed by atoms with van der Waals surface area (Å²) in [5.74, 6) is 0. The maximum atomic E-state index is 10.6. The van der Waals surface area contributed by atoms with Crippen molar-refractivity contribution in [2.75, 3.05) is 0 Å². The Bertz CT molecular complexity index is 604. The lowest BCUT2D eigenvalue weighted by atomic mass is 10.00. The van der Waals surface area contributed by atoms with Crippen molar-refractivity contribution >= 4 is 29.1 Å². The summed E-state index contributed by atoms with van der Waals surface area (Å²) in [5, 5.41) is 0. The molecule has 0 fully saturated rings. The van der Waals surface area contributed by atoms with E-state index in [4.69, 9.17) is 0 Å².